The van der Waals surface area contributed by atoms with Crippen molar-refractivity contribution in [1.82, 2.24) is 4.90 Å². The monoisotopic (exact) mass is 1100 g/mol. The van der Waals surface area contributed by atoms with Crippen molar-refractivity contribution in [3.8, 4) is 11.5 Å². The Kier molecular flexibility index (Phi) is 26.0. The van der Waals surface area contributed by atoms with Crippen LogP contribution in [0.3, 0.4) is 0 Å². The fourth-order valence-corrected chi connectivity index (χ4v) is 16.3. The third-order valence-electron chi connectivity index (χ3n) is 21.7. The van der Waals surface area contributed by atoms with Crippen molar-refractivity contribution in [2.24, 2.45) is 58.2 Å². The smallest absolute Gasteiger partial charge is 0.311 e. The van der Waals surface area contributed by atoms with Gasteiger partial charge in [0.15, 0.2) is 0 Å². The lowest BCUT2D eigenvalue weighted by Gasteiger charge is -2.55. The number of benzene rings is 1. The molecule has 10 atom stereocenters. The minimum atomic E-state index is -0.164. The molecule has 1 aliphatic heterocycles. The van der Waals surface area contributed by atoms with Crippen LogP contribution in [0.2, 0.25) is 0 Å². The molecule has 450 valence electrons. The largest absolute Gasteiger partial charge is 0.487 e. The predicted molar refractivity (Wildman–Crippen MR) is 331 cm³/mol. The van der Waals surface area contributed by atoms with Crippen molar-refractivity contribution in [2.75, 3.05) is 26.2 Å². The number of carbonyl (C=O) groups is 2. The summed E-state index contributed by atoms with van der Waals surface area (Å²) in [5.41, 5.74) is 8.16. The standard InChI is InChI=1S/C72H121NO6/c1-51(2)26-22-28-53(5)29-24-30-54(6)31-25-42-70(11)43-40-61-58(10)68(56(8)57(9)69(61)79-70)78-67(76)34-17-15-19-47-73(48-20-21-49-74)46-18-14-16-33-66(75)77-60-39-44-71(12)59(50-60)35-36-62-64-38-37-63(55(7)32-23-27-52(3)4)72(64,13)45-41-65(62)71/h35-36,51-55,60,63-65,74H,14-34,37-50H2,1-13H3. The van der Waals surface area contributed by atoms with Crippen LogP contribution >= 0.6 is 0 Å². The van der Waals surface area contributed by atoms with Gasteiger partial charge in [-0.1, -0.05) is 163 Å². The van der Waals surface area contributed by atoms with Crippen LogP contribution in [0.25, 0.3) is 0 Å². The van der Waals surface area contributed by atoms with E-state index in [0.29, 0.717) is 24.2 Å². The van der Waals surface area contributed by atoms with Crippen LogP contribution in [0.5, 0.6) is 11.5 Å². The number of carbonyl (C=O) groups excluding carboxylic acids is 2. The van der Waals surface area contributed by atoms with E-state index in [2.05, 4.69) is 107 Å². The number of aliphatic hydroxyl groups excluding tert-OH is 1. The number of hydrogen-bond acceptors (Lipinski definition) is 7. The van der Waals surface area contributed by atoms with Gasteiger partial charge >= 0.3 is 11.9 Å². The number of allylic oxidation sites excluding steroid dienone is 3. The molecular weight excluding hydrogens is 975 g/mol. The lowest BCUT2D eigenvalue weighted by atomic mass is 9.50. The SMILES string of the molecule is Cc1c(C)c2c(c(C)c1OC(=O)CCCCCN(CCCCO)CCCCCC(=O)OC1CCC3(C)C(=CC=C4C3CCC3(C)C4CCC3C(C)CCCC(C)C)C1)CCC(C)(CCCC(C)CCCC(C)CCCC(C)C)O2. The maximum Gasteiger partial charge on any atom is 0.311 e. The Morgan fingerprint density at radius 3 is 1.89 bits per heavy atom. The normalized spacial score (nSPS) is 26.6. The first-order valence-corrected chi connectivity index (χ1v) is 33.6. The second-order valence-corrected chi connectivity index (χ2v) is 29.1. The summed E-state index contributed by atoms with van der Waals surface area (Å²) in [5, 5.41) is 9.52. The van der Waals surface area contributed by atoms with Gasteiger partial charge in [-0.3, -0.25) is 9.59 Å². The van der Waals surface area contributed by atoms with E-state index >= 15 is 0 Å². The van der Waals surface area contributed by atoms with Crippen molar-refractivity contribution in [3.63, 3.8) is 0 Å². The molecule has 0 spiro atoms. The molecule has 3 saturated carbocycles. The number of fused-ring (bicyclic) bond motifs is 6. The fraction of sp³-hybridized carbons (Fsp3) is 0.833. The van der Waals surface area contributed by atoms with E-state index in [1.165, 1.54) is 107 Å². The van der Waals surface area contributed by atoms with E-state index < -0.39 is 0 Å². The van der Waals surface area contributed by atoms with Crippen LogP contribution in [0.1, 0.15) is 284 Å². The predicted octanol–water partition coefficient (Wildman–Crippen LogP) is 19.1. The molecule has 1 heterocycles. The highest BCUT2D eigenvalue weighted by atomic mass is 16.5. The van der Waals surface area contributed by atoms with Crippen LogP contribution in [-0.2, 0) is 20.7 Å². The minimum absolute atomic E-state index is 0.00214. The highest BCUT2D eigenvalue weighted by Gasteiger charge is 2.57. The lowest BCUT2D eigenvalue weighted by molar-refractivity contribution is -0.151. The Bertz CT molecular complexity index is 2120. The molecule has 1 aromatic carbocycles. The molecule has 3 fully saturated rings. The van der Waals surface area contributed by atoms with Crippen LogP contribution < -0.4 is 9.47 Å². The van der Waals surface area contributed by atoms with Gasteiger partial charge in [0.05, 0.1) is 0 Å². The summed E-state index contributed by atoms with van der Waals surface area (Å²) in [4.78, 5) is 29.1. The molecule has 4 aliphatic carbocycles. The van der Waals surface area contributed by atoms with E-state index in [1.54, 1.807) is 5.57 Å². The van der Waals surface area contributed by atoms with Gasteiger partial charge in [-0.05, 0) is 225 Å². The Hall–Kier alpha value is -2.64. The summed E-state index contributed by atoms with van der Waals surface area (Å²) in [6, 6.07) is 0. The Morgan fingerprint density at radius 2 is 1.24 bits per heavy atom. The maximum atomic E-state index is 13.4. The van der Waals surface area contributed by atoms with E-state index in [0.717, 1.165) is 179 Å². The van der Waals surface area contributed by atoms with Crippen molar-refractivity contribution in [1.29, 1.82) is 0 Å². The third-order valence-corrected chi connectivity index (χ3v) is 21.7. The number of aliphatic hydroxyl groups is 1. The first kappa shape index (κ1) is 65.5. The number of nitrogens with zero attached hydrogens (tertiary/aromatic N) is 1. The molecule has 7 nitrogen and oxygen atoms in total. The van der Waals surface area contributed by atoms with Crippen LogP contribution in [0.15, 0.2) is 23.3 Å². The first-order chi connectivity index (χ1) is 37.7. The van der Waals surface area contributed by atoms with E-state index in [-0.39, 0.29) is 35.7 Å². The molecule has 1 aromatic rings. The molecule has 79 heavy (non-hydrogen) atoms. The van der Waals surface area contributed by atoms with E-state index in [9.17, 15) is 14.7 Å². The Balaban J connectivity index is 0.862. The van der Waals surface area contributed by atoms with Crippen LogP contribution in [-0.4, -0.2) is 59.9 Å². The van der Waals surface area contributed by atoms with Crippen molar-refractivity contribution in [3.05, 3.63) is 45.6 Å². The second kappa shape index (κ2) is 31.3. The van der Waals surface area contributed by atoms with E-state index in [1.807, 2.05) is 0 Å². The molecule has 0 amide bonds. The zero-order valence-electron chi connectivity index (χ0n) is 53.5. The topological polar surface area (TPSA) is 85.3 Å². The summed E-state index contributed by atoms with van der Waals surface area (Å²) in [6.07, 6.45) is 39.6. The molecule has 6 rings (SSSR count). The molecule has 0 bridgehead atoms. The molecule has 10 unspecified atom stereocenters. The van der Waals surface area contributed by atoms with Gasteiger partial charge in [0.1, 0.15) is 23.2 Å². The Labute approximate surface area is 485 Å². The van der Waals surface area contributed by atoms with Gasteiger partial charge in [0.25, 0.3) is 0 Å². The van der Waals surface area contributed by atoms with Gasteiger partial charge < -0.3 is 24.2 Å². The zero-order valence-corrected chi connectivity index (χ0v) is 53.5. The van der Waals surface area contributed by atoms with E-state index in [4.69, 9.17) is 14.2 Å². The minimum Gasteiger partial charge on any atom is -0.487 e. The van der Waals surface area contributed by atoms with Gasteiger partial charge in [-0.15, -0.1) is 0 Å². The molecule has 0 radical (unpaired) electrons. The van der Waals surface area contributed by atoms with Crippen molar-refractivity contribution < 1.29 is 28.9 Å². The maximum absolute atomic E-state index is 13.4. The number of esters is 2. The number of unbranched alkanes of at least 4 members (excludes halogenated alkanes) is 5. The summed E-state index contributed by atoms with van der Waals surface area (Å²) >= 11 is 0. The summed E-state index contributed by atoms with van der Waals surface area (Å²) in [6.45, 7) is 33.8. The molecular formula is C72H121NO6. The first-order valence-electron chi connectivity index (χ1n) is 33.6. The molecule has 7 heteroatoms. The summed E-state index contributed by atoms with van der Waals surface area (Å²) < 4.78 is 19.3. The Morgan fingerprint density at radius 1 is 0.633 bits per heavy atom. The number of rotatable bonds is 35. The highest BCUT2D eigenvalue weighted by Crippen LogP contribution is 2.66. The quantitative estimate of drug-likeness (QED) is 0.0412. The van der Waals surface area contributed by atoms with Gasteiger partial charge in [-0.2, -0.15) is 0 Å². The second-order valence-electron chi connectivity index (χ2n) is 29.1. The van der Waals surface area contributed by atoms with Crippen molar-refractivity contribution >= 4 is 11.9 Å². The summed E-state index contributed by atoms with van der Waals surface area (Å²) in [7, 11) is 0. The van der Waals surface area contributed by atoms with Gasteiger partial charge in [-0.25, -0.2) is 0 Å². The lowest BCUT2D eigenvalue weighted by Crippen LogP contribution is -2.46. The highest BCUT2D eigenvalue weighted by molar-refractivity contribution is 5.74. The summed E-state index contributed by atoms with van der Waals surface area (Å²) in [5.74, 6) is 7.85. The molecule has 0 saturated heterocycles. The zero-order chi connectivity index (χ0) is 57.3. The van der Waals surface area contributed by atoms with Gasteiger partial charge in [0, 0.05) is 31.4 Å². The number of ether oxygens (including phenoxy) is 3. The van der Waals surface area contributed by atoms with Crippen molar-refractivity contribution in [2.45, 2.75) is 301 Å². The molecule has 5 aliphatic rings. The molecule has 0 aromatic heterocycles. The third kappa shape index (κ3) is 18.4. The average Bonchev–Trinajstić information content (AvgIpc) is 4.07. The molecule has 1 N–H and O–H groups in total. The van der Waals surface area contributed by atoms with Crippen LogP contribution in [0.4, 0.5) is 0 Å². The fourth-order valence-electron chi connectivity index (χ4n) is 16.3. The van der Waals surface area contributed by atoms with Crippen LogP contribution in [0, 0.1) is 78.9 Å². The number of hydrogen-bond donors (Lipinski definition) is 1. The average molecular weight is 1100 g/mol. The van der Waals surface area contributed by atoms with Gasteiger partial charge in [0.2, 0.25) is 0 Å².